The Bertz CT molecular complexity index is 1350. The van der Waals surface area contributed by atoms with E-state index >= 15 is 0 Å². The van der Waals surface area contributed by atoms with Crippen LogP contribution < -0.4 is 10.2 Å². The number of ketones is 1. The number of rotatable bonds is 2. The number of Topliss-reactive ketones (excluding diaryl/α,β-unsaturated/α-hetero) is 1. The summed E-state index contributed by atoms with van der Waals surface area (Å²) in [4.78, 5) is 19.0. The van der Waals surface area contributed by atoms with Gasteiger partial charge in [-0.3, -0.25) is 9.69 Å². The fraction of sp³-hybridized carbons (Fsp3) is 0.438. The second-order valence-electron chi connectivity index (χ2n) is 10.9. The molecule has 1 N–H and O–H groups in total. The normalized spacial score (nSPS) is 24.3. The number of fused-ring (bicyclic) bond motifs is 1. The summed E-state index contributed by atoms with van der Waals surface area (Å²) in [6.07, 6.45) is 7.56. The van der Waals surface area contributed by atoms with Crippen molar-refractivity contribution in [2.75, 3.05) is 50.8 Å². The van der Waals surface area contributed by atoms with Gasteiger partial charge >= 0.3 is 0 Å². The van der Waals surface area contributed by atoms with Crippen LogP contribution in [0.2, 0.25) is 0 Å². The molecule has 196 valence electrons. The fourth-order valence-corrected chi connectivity index (χ4v) is 6.20. The van der Waals surface area contributed by atoms with Crippen LogP contribution in [0.5, 0.6) is 0 Å². The number of piperidine rings is 1. The fourth-order valence-electron chi connectivity index (χ4n) is 6.20. The molecule has 1 aliphatic carbocycles. The van der Waals surface area contributed by atoms with Crippen LogP contribution in [0.25, 0.3) is 0 Å². The van der Waals surface area contributed by atoms with E-state index in [9.17, 15) is 10.1 Å². The van der Waals surface area contributed by atoms with Crippen molar-refractivity contribution in [2.45, 2.75) is 45.1 Å². The van der Waals surface area contributed by atoms with E-state index in [0.717, 1.165) is 74.7 Å². The minimum atomic E-state index is -0.459. The van der Waals surface area contributed by atoms with E-state index in [2.05, 4.69) is 59.5 Å². The number of nitriles is 1. The van der Waals surface area contributed by atoms with E-state index in [1.807, 2.05) is 19.1 Å². The monoisotopic (exact) mass is 508 g/mol. The minimum Gasteiger partial charge on any atom is -0.383 e. The molecule has 0 saturated carbocycles. The molecule has 0 radical (unpaired) electrons. The Kier molecular flexibility index (Phi) is 7.30. The van der Waals surface area contributed by atoms with E-state index in [4.69, 9.17) is 4.74 Å². The third-order valence-electron chi connectivity index (χ3n) is 8.30. The number of anilines is 1. The topological polar surface area (TPSA) is 68.6 Å². The molecule has 0 amide bonds. The standard InChI is InChI=1S/C32H36N4O2/c1-5-6-24-19-26-27(20-28(24)36-13-10-25(11-14-36)35-15-17-38-18-16-35)32(3,4)31-29(30(26)37)22(2)7-8-23(21-33)9-12-34-31/h7-9,19-20,25,34H,2,10-18H2,1,3-4H3/b8-7-,23-9+. The van der Waals surface area contributed by atoms with Gasteiger partial charge in [-0.15, -0.1) is 5.92 Å². The molecule has 2 fully saturated rings. The maximum Gasteiger partial charge on any atom is 0.195 e. The summed E-state index contributed by atoms with van der Waals surface area (Å²) in [6.45, 7) is 16.4. The van der Waals surface area contributed by atoms with Crippen molar-refractivity contribution in [1.82, 2.24) is 10.2 Å². The number of nitrogens with zero attached hydrogens (tertiary/aromatic N) is 3. The van der Waals surface area contributed by atoms with Crippen LogP contribution in [0.15, 0.2) is 59.4 Å². The predicted octanol–water partition coefficient (Wildman–Crippen LogP) is 4.25. The van der Waals surface area contributed by atoms with Crippen LogP contribution in [-0.2, 0) is 10.2 Å². The van der Waals surface area contributed by atoms with Crippen molar-refractivity contribution in [2.24, 2.45) is 0 Å². The van der Waals surface area contributed by atoms with Crippen molar-refractivity contribution in [3.8, 4) is 17.9 Å². The van der Waals surface area contributed by atoms with Gasteiger partial charge in [0, 0.05) is 72.2 Å². The first-order valence-corrected chi connectivity index (χ1v) is 13.5. The second-order valence-corrected chi connectivity index (χ2v) is 10.9. The lowest BCUT2D eigenvalue weighted by molar-refractivity contribution is 0.0115. The molecule has 0 aromatic heterocycles. The molecular weight excluding hydrogens is 472 g/mol. The Balaban J connectivity index is 1.51. The van der Waals surface area contributed by atoms with Crippen molar-refractivity contribution in [1.29, 1.82) is 5.26 Å². The first kappa shape index (κ1) is 26.0. The molecule has 1 aromatic rings. The average molecular weight is 509 g/mol. The average Bonchev–Trinajstić information content (AvgIpc) is 3.01. The van der Waals surface area contributed by atoms with Crippen LogP contribution in [0, 0.1) is 23.2 Å². The zero-order chi connectivity index (χ0) is 26.9. The highest BCUT2D eigenvalue weighted by Gasteiger charge is 2.41. The molecule has 5 rings (SSSR count). The Morgan fingerprint density at radius 1 is 1.13 bits per heavy atom. The van der Waals surface area contributed by atoms with E-state index in [0.29, 0.717) is 34.9 Å². The lowest BCUT2D eigenvalue weighted by Gasteiger charge is -2.42. The highest BCUT2D eigenvalue weighted by Crippen LogP contribution is 2.44. The first-order valence-electron chi connectivity index (χ1n) is 13.5. The van der Waals surface area contributed by atoms with Gasteiger partial charge in [-0.1, -0.05) is 32.4 Å². The SMILES string of the molecule is C=C1/C=C\C(C#N)=C/CNC2=C1C(=O)c1cc(C#CC)c(N3CCC(N4CCOCC4)CC3)cc1C2(C)C. The summed E-state index contributed by atoms with van der Waals surface area (Å²) in [6, 6.07) is 6.99. The van der Waals surface area contributed by atoms with E-state index in [-0.39, 0.29) is 5.78 Å². The molecule has 4 aliphatic rings. The van der Waals surface area contributed by atoms with Gasteiger partial charge in [0.25, 0.3) is 0 Å². The summed E-state index contributed by atoms with van der Waals surface area (Å²) < 4.78 is 5.55. The predicted molar refractivity (Wildman–Crippen MR) is 151 cm³/mol. The molecule has 2 saturated heterocycles. The molecule has 0 spiro atoms. The quantitative estimate of drug-likeness (QED) is 0.603. The van der Waals surface area contributed by atoms with Crippen LogP contribution in [0.4, 0.5) is 5.69 Å². The Morgan fingerprint density at radius 2 is 1.87 bits per heavy atom. The number of benzene rings is 1. The summed E-state index contributed by atoms with van der Waals surface area (Å²) in [5.41, 5.74) is 5.82. The van der Waals surface area contributed by atoms with Crippen LogP contribution >= 0.6 is 0 Å². The second kappa shape index (κ2) is 10.7. The number of hydrogen-bond donors (Lipinski definition) is 1. The highest BCUT2D eigenvalue weighted by atomic mass is 16.5. The van der Waals surface area contributed by atoms with E-state index in [1.54, 1.807) is 12.2 Å². The number of nitrogens with one attached hydrogen (secondary N) is 1. The lowest BCUT2D eigenvalue weighted by Crippen LogP contribution is -2.49. The molecule has 0 unspecified atom stereocenters. The number of morpholine rings is 1. The summed E-state index contributed by atoms with van der Waals surface area (Å²) in [7, 11) is 0. The zero-order valence-corrected chi connectivity index (χ0v) is 22.7. The molecule has 38 heavy (non-hydrogen) atoms. The number of hydrogen-bond acceptors (Lipinski definition) is 6. The van der Waals surface area contributed by atoms with Gasteiger partial charge in [0.15, 0.2) is 5.78 Å². The van der Waals surface area contributed by atoms with Crippen molar-refractivity contribution < 1.29 is 9.53 Å². The number of ether oxygens (including phenoxy) is 1. The Hall–Kier alpha value is -3.58. The van der Waals surface area contributed by atoms with Crippen LogP contribution in [-0.4, -0.2) is 62.7 Å². The third-order valence-corrected chi connectivity index (χ3v) is 8.30. The number of carbonyl (C=O) groups is 1. The number of carbonyl (C=O) groups excluding carboxylic acids is 1. The van der Waals surface area contributed by atoms with Crippen LogP contribution in [0.3, 0.4) is 0 Å². The van der Waals surface area contributed by atoms with Gasteiger partial charge < -0.3 is 15.0 Å². The van der Waals surface area contributed by atoms with Crippen LogP contribution in [0.1, 0.15) is 55.1 Å². The Labute approximate surface area is 226 Å². The summed E-state index contributed by atoms with van der Waals surface area (Å²) in [5, 5.41) is 12.9. The molecule has 3 aliphatic heterocycles. The molecular formula is C32H36N4O2. The third kappa shape index (κ3) is 4.71. The molecule has 0 bridgehead atoms. The number of allylic oxidation sites excluding steroid dienone is 6. The lowest BCUT2D eigenvalue weighted by atomic mass is 9.69. The van der Waals surface area contributed by atoms with Gasteiger partial charge in [-0.25, -0.2) is 0 Å². The van der Waals surface area contributed by atoms with Gasteiger partial charge in [0.2, 0.25) is 0 Å². The molecule has 3 heterocycles. The van der Waals surface area contributed by atoms with Crippen molar-refractivity contribution in [3.63, 3.8) is 0 Å². The molecule has 0 atom stereocenters. The van der Waals surface area contributed by atoms with Crippen molar-refractivity contribution >= 4 is 11.5 Å². The first-order chi connectivity index (χ1) is 18.3. The zero-order valence-electron chi connectivity index (χ0n) is 22.7. The molecule has 6 heteroatoms. The Morgan fingerprint density at radius 3 is 2.55 bits per heavy atom. The maximum absolute atomic E-state index is 14.0. The minimum absolute atomic E-state index is 0.0476. The van der Waals surface area contributed by atoms with Gasteiger partial charge in [0.1, 0.15) is 0 Å². The van der Waals surface area contributed by atoms with Gasteiger partial charge in [-0.2, -0.15) is 5.26 Å². The largest absolute Gasteiger partial charge is 0.383 e. The van der Waals surface area contributed by atoms with Crippen molar-refractivity contribution in [3.05, 3.63) is 76.0 Å². The highest BCUT2D eigenvalue weighted by molar-refractivity contribution is 6.15. The smallest absolute Gasteiger partial charge is 0.195 e. The summed E-state index contributed by atoms with van der Waals surface area (Å²) in [5.74, 6) is 6.31. The van der Waals surface area contributed by atoms with E-state index in [1.165, 1.54) is 0 Å². The van der Waals surface area contributed by atoms with Gasteiger partial charge in [-0.05, 0) is 55.2 Å². The molecule has 6 nitrogen and oxygen atoms in total. The van der Waals surface area contributed by atoms with Gasteiger partial charge in [0.05, 0.1) is 25.0 Å². The maximum atomic E-state index is 14.0. The van der Waals surface area contributed by atoms with E-state index < -0.39 is 5.41 Å². The summed E-state index contributed by atoms with van der Waals surface area (Å²) >= 11 is 0. The molecule has 1 aromatic carbocycles.